The minimum absolute atomic E-state index is 0.0326. The van der Waals surface area contributed by atoms with Gasteiger partial charge in [0.05, 0.1) is 14.7 Å². The molecule has 22 nitrogen and oxygen atoms in total. The van der Waals surface area contributed by atoms with Gasteiger partial charge in [-0.1, -0.05) is 54.6 Å². The van der Waals surface area contributed by atoms with Crippen LogP contribution in [0.1, 0.15) is 129 Å². The molecule has 0 bridgehead atoms. The van der Waals surface area contributed by atoms with E-state index in [1.807, 2.05) is 12.1 Å². The third kappa shape index (κ3) is 19.5. The second kappa shape index (κ2) is 36.2. The number of pyridine rings is 3. The Labute approximate surface area is 707 Å². The van der Waals surface area contributed by atoms with Crippen LogP contribution in [0.4, 0.5) is 39.5 Å². The van der Waals surface area contributed by atoms with Crippen molar-refractivity contribution in [1.29, 1.82) is 0 Å². The number of thiazole rings is 3. The first-order valence-electron chi connectivity index (χ1n) is 40.1. The lowest BCUT2D eigenvalue weighted by molar-refractivity contribution is -0.141. The molecule has 0 unspecified atom stereocenters. The predicted octanol–water partition coefficient (Wildman–Crippen LogP) is 16.5. The van der Waals surface area contributed by atoms with Crippen molar-refractivity contribution in [3.63, 3.8) is 0 Å². The third-order valence-corrected chi connectivity index (χ3v) is 31.3. The molecular formula is C84H90F9N15O7S6. The van der Waals surface area contributed by atoms with Gasteiger partial charge in [0.15, 0.2) is 34.0 Å². The SMILES string of the molecule is CN1CCN(C2CCC(c3cnc4c(c3)c(-c3nc(C(F)(F)F)cs3)cn4S(=O)(=O)c3ccccc3)CC2)CC1.CN1CCN(C2CCC(c3cnc4c(c3)c(-c3nc(C(F)(F)F)cs3)cn4S(=O)(=O)c3ccccc3)CC2)CC1.CN1CCNCC1.O=C1CCC(c2cnc3c(c2)c(-c2nc(C(F)(F)F)cs2)cn3S(=O)(=O)c2ccccc2)CC1. The van der Waals surface area contributed by atoms with Crippen LogP contribution < -0.4 is 5.32 Å². The van der Waals surface area contributed by atoms with E-state index in [-0.39, 0.29) is 75.8 Å². The lowest BCUT2D eigenvalue weighted by Gasteiger charge is -2.41. The molecule has 1 N–H and O–H groups in total. The normalized spacial score (nSPS) is 20.2. The van der Waals surface area contributed by atoms with Crippen LogP contribution in [0.3, 0.4) is 0 Å². The second-order valence-electron chi connectivity index (χ2n) is 31.6. The van der Waals surface area contributed by atoms with Crippen LogP contribution in [-0.2, 0) is 53.4 Å². The lowest BCUT2D eigenvalue weighted by atomic mass is 9.81. The number of aromatic nitrogens is 9. The van der Waals surface area contributed by atoms with E-state index in [0.717, 1.165) is 196 Å². The van der Waals surface area contributed by atoms with Gasteiger partial charge in [-0.25, -0.2) is 67.1 Å². The molecule has 0 radical (unpaired) electrons. The van der Waals surface area contributed by atoms with Gasteiger partial charge >= 0.3 is 18.5 Å². The Kier molecular flexibility index (Phi) is 26.1. The van der Waals surface area contributed by atoms with E-state index in [0.29, 0.717) is 65.1 Å². The number of carbonyl (C=O) groups excluding carboxylic acids is 1. The summed E-state index contributed by atoms with van der Waals surface area (Å²) in [6.45, 7) is 13.4. The number of likely N-dealkylation sites (N-methyl/N-ethyl adjacent to an activating group) is 3. The fourth-order valence-corrected chi connectivity index (χ4v) is 23.3. The zero-order valence-corrected chi connectivity index (χ0v) is 71.3. The van der Waals surface area contributed by atoms with Gasteiger partial charge in [-0.05, 0) is 174 Å². The summed E-state index contributed by atoms with van der Waals surface area (Å²) in [6.07, 6.45) is 5.71. The van der Waals surface area contributed by atoms with Crippen molar-refractivity contribution >= 4 is 103 Å². The molecule has 0 atom stereocenters. The van der Waals surface area contributed by atoms with Gasteiger partial charge in [-0.3, -0.25) is 14.6 Å². The Morgan fingerprint density at radius 3 is 0.926 bits per heavy atom. The van der Waals surface area contributed by atoms with Crippen LogP contribution in [-0.4, -0.2) is 209 Å². The number of halogens is 9. The Bertz CT molecular complexity index is 5730. The number of nitrogens with zero attached hydrogens (tertiary/aromatic N) is 14. The van der Waals surface area contributed by atoms with Gasteiger partial charge in [0, 0.05) is 190 Å². The number of piperazine rings is 3. The van der Waals surface area contributed by atoms with Crippen LogP contribution in [0.5, 0.6) is 0 Å². The number of hydrogen-bond acceptors (Lipinski definition) is 22. The molecule has 0 spiro atoms. The summed E-state index contributed by atoms with van der Waals surface area (Å²) in [5, 5.41) is 7.75. The lowest BCUT2D eigenvalue weighted by Crippen LogP contribution is -2.49. The minimum Gasteiger partial charge on any atom is -0.314 e. The van der Waals surface area contributed by atoms with E-state index >= 15 is 0 Å². The molecule has 0 amide bonds. The highest BCUT2D eigenvalue weighted by atomic mass is 32.2. The van der Waals surface area contributed by atoms with Gasteiger partial charge in [0.25, 0.3) is 30.1 Å². The highest BCUT2D eigenvalue weighted by Gasteiger charge is 2.40. The average Bonchev–Trinajstić information content (AvgIpc) is 1.60. The minimum atomic E-state index is -4.61. The summed E-state index contributed by atoms with van der Waals surface area (Å²) in [4.78, 5) is 49.0. The standard InChI is InChI=1S/2C28H30F3N5O2S2.C23H18F3N3O3S2.C5H12N2/c2*1-34-11-13-35(14-12-34)21-9-7-19(8-10-21)20-15-23-24(27-33-25(18-39-27)28(29,30)31)17-36(26(23)32-16-20)40(37,38)22-5-3-2-4-6-22;24-23(25,26)20-13-33-22(28-20)19-12-29(34(31,32)17-4-2-1-3-5-17)21-18(19)10-15(11-27-21)14-6-8-16(30)9-7-14;1-7-4-2-6-3-5-7/h2*2-6,15-19,21H,7-14H2,1H3;1-5,10-14H,6-9H2;6H,2-5H2,1H3. The molecule has 121 heavy (non-hydrogen) atoms. The predicted molar refractivity (Wildman–Crippen MR) is 449 cm³/mol. The zero-order valence-electron chi connectivity index (χ0n) is 66.4. The summed E-state index contributed by atoms with van der Waals surface area (Å²) >= 11 is 2.49. The molecule has 3 aromatic carbocycles. The van der Waals surface area contributed by atoms with Gasteiger partial charge in [-0.2, -0.15) is 39.5 Å². The van der Waals surface area contributed by atoms with E-state index < -0.39 is 65.7 Å². The van der Waals surface area contributed by atoms with Crippen LogP contribution in [0.25, 0.3) is 64.8 Å². The summed E-state index contributed by atoms with van der Waals surface area (Å²) in [6, 6.07) is 30.3. The van der Waals surface area contributed by atoms with Crippen molar-refractivity contribution < 1.29 is 69.6 Å². The Morgan fingerprint density at radius 2 is 0.661 bits per heavy atom. The molecule has 6 fully saturated rings. The molecule has 9 aromatic heterocycles. The topological polar surface area (TPSA) is 240 Å². The summed E-state index contributed by atoms with van der Waals surface area (Å²) in [5.74, 6) is 0.779. The summed E-state index contributed by atoms with van der Waals surface area (Å²) in [7, 11) is -5.67. The number of hydrogen-bond donors (Lipinski definition) is 1. The number of carbonyl (C=O) groups is 1. The monoisotopic (exact) mass is 1780 g/mol. The fourth-order valence-electron chi connectivity index (χ4n) is 16.7. The summed E-state index contributed by atoms with van der Waals surface area (Å²) in [5.41, 5.74) is 1.14. The van der Waals surface area contributed by atoms with Crippen molar-refractivity contribution in [1.82, 2.24) is 71.6 Å². The van der Waals surface area contributed by atoms with Crippen LogP contribution in [0.15, 0.2) is 177 Å². The smallest absolute Gasteiger partial charge is 0.314 e. The van der Waals surface area contributed by atoms with Crippen molar-refractivity contribution in [2.45, 2.75) is 140 Å². The van der Waals surface area contributed by atoms with Crippen molar-refractivity contribution in [3.8, 4) is 31.7 Å². The molecule has 3 aliphatic carbocycles. The van der Waals surface area contributed by atoms with Crippen molar-refractivity contribution in [2.75, 3.05) is 99.7 Å². The van der Waals surface area contributed by atoms with E-state index in [2.05, 4.69) is 80.9 Å². The van der Waals surface area contributed by atoms with Crippen molar-refractivity contribution in [2.24, 2.45) is 0 Å². The highest BCUT2D eigenvalue weighted by molar-refractivity contribution is 7.90. The van der Waals surface area contributed by atoms with Crippen molar-refractivity contribution in [3.05, 3.63) is 196 Å². The van der Waals surface area contributed by atoms with Gasteiger partial charge in [0.1, 0.15) is 20.8 Å². The van der Waals surface area contributed by atoms with Gasteiger partial charge in [-0.15, -0.1) is 34.0 Å². The molecule has 37 heteroatoms. The first kappa shape index (κ1) is 87.2. The fraction of sp³-hybridized carbons (Fsp3) is 0.417. The highest BCUT2D eigenvalue weighted by Crippen LogP contribution is 2.46. The number of ketones is 1. The number of alkyl halides is 9. The summed E-state index contributed by atoms with van der Waals surface area (Å²) < 4.78 is 204. The van der Waals surface area contributed by atoms with E-state index in [9.17, 15) is 69.6 Å². The molecule has 12 heterocycles. The average molecular weight is 1790 g/mol. The first-order valence-corrected chi connectivity index (χ1v) is 47.0. The number of fused-ring (bicyclic) bond motifs is 3. The molecule has 642 valence electrons. The number of nitrogens with one attached hydrogen (secondary N) is 1. The molecule has 3 aliphatic heterocycles. The molecule has 6 aliphatic rings. The Hall–Kier alpha value is -8.73. The maximum atomic E-state index is 13.6. The maximum Gasteiger partial charge on any atom is 0.434 e. The number of benzene rings is 3. The second-order valence-corrected chi connectivity index (χ2v) is 39.6. The van der Waals surface area contributed by atoms with Crippen LogP contribution in [0.2, 0.25) is 0 Å². The molecule has 18 rings (SSSR count). The van der Waals surface area contributed by atoms with Gasteiger partial charge in [0.2, 0.25) is 0 Å². The van der Waals surface area contributed by atoms with E-state index in [1.165, 1.54) is 68.1 Å². The van der Waals surface area contributed by atoms with Crippen LogP contribution in [0, 0.1) is 0 Å². The van der Waals surface area contributed by atoms with E-state index in [4.69, 9.17) is 0 Å². The first-order chi connectivity index (χ1) is 57.8. The zero-order chi connectivity index (χ0) is 85.3. The number of rotatable bonds is 14. The largest absolute Gasteiger partial charge is 0.434 e. The quantitative estimate of drug-likeness (QED) is 0.0995. The van der Waals surface area contributed by atoms with Gasteiger partial charge < -0.3 is 20.0 Å². The molecule has 12 aromatic rings. The molecular weight excluding hydrogens is 1690 g/mol. The van der Waals surface area contributed by atoms with Crippen LogP contribution >= 0.6 is 34.0 Å². The maximum absolute atomic E-state index is 13.6. The molecule has 3 saturated carbocycles. The third-order valence-electron chi connectivity index (χ3n) is 23.7. The van der Waals surface area contributed by atoms with E-state index in [1.54, 1.807) is 79.3 Å². The molecule has 3 saturated heterocycles. The Balaban J connectivity index is 0.000000136. The Morgan fingerprint density at radius 1 is 0.380 bits per heavy atom. The number of Topliss-reactive ketones (excluding diaryl/α,β-unsaturated/α-hetero) is 1.